The van der Waals surface area contributed by atoms with Crippen LogP contribution in [0.15, 0.2) is 24.8 Å². The first-order chi connectivity index (χ1) is 10.6. The molecular weight excluding hydrogens is 278 g/mol. The Morgan fingerprint density at radius 2 is 2.09 bits per heavy atom. The Bertz CT molecular complexity index is 632. The minimum Gasteiger partial charge on any atom is -0.342 e. The van der Waals surface area contributed by atoms with Crippen LogP contribution in [0.3, 0.4) is 0 Å². The lowest BCUT2D eigenvalue weighted by Crippen LogP contribution is -2.29. The van der Waals surface area contributed by atoms with E-state index in [-0.39, 0.29) is 11.8 Å². The van der Waals surface area contributed by atoms with Crippen molar-refractivity contribution in [2.45, 2.75) is 39.2 Å². The van der Waals surface area contributed by atoms with Gasteiger partial charge in [-0.15, -0.1) is 0 Å². The van der Waals surface area contributed by atoms with Crippen LogP contribution < -0.4 is 0 Å². The molecule has 1 atom stereocenters. The molecule has 1 fully saturated rings. The summed E-state index contributed by atoms with van der Waals surface area (Å²) in [6.07, 6.45) is 6.80. The molecule has 0 aliphatic carbocycles. The zero-order valence-corrected chi connectivity index (χ0v) is 13.1. The molecule has 0 aromatic carbocycles. The van der Waals surface area contributed by atoms with Crippen molar-refractivity contribution in [2.75, 3.05) is 13.1 Å². The topological polar surface area (TPSA) is 63.9 Å². The molecule has 1 amide bonds. The minimum absolute atomic E-state index is 0.195. The predicted octanol–water partition coefficient (Wildman–Crippen LogP) is 1.70. The Morgan fingerprint density at radius 1 is 1.32 bits per heavy atom. The van der Waals surface area contributed by atoms with Crippen molar-refractivity contribution in [3.63, 3.8) is 0 Å². The van der Waals surface area contributed by atoms with Crippen molar-refractivity contribution in [1.82, 2.24) is 24.4 Å². The molecule has 0 bridgehead atoms. The van der Waals surface area contributed by atoms with Gasteiger partial charge in [0.1, 0.15) is 5.82 Å². The van der Waals surface area contributed by atoms with Gasteiger partial charge in [-0.2, -0.15) is 0 Å². The average molecular weight is 299 g/mol. The molecule has 0 radical (unpaired) electrons. The third-order valence-electron chi connectivity index (χ3n) is 4.05. The number of nitrogens with zero attached hydrogens (tertiary/aromatic N) is 5. The lowest BCUT2D eigenvalue weighted by Gasteiger charge is -2.16. The van der Waals surface area contributed by atoms with Crippen molar-refractivity contribution in [3.8, 4) is 0 Å². The molecule has 2 aromatic rings. The van der Waals surface area contributed by atoms with Crippen LogP contribution in [0.2, 0.25) is 0 Å². The Labute approximate surface area is 130 Å². The zero-order chi connectivity index (χ0) is 15.5. The highest BCUT2D eigenvalue weighted by molar-refractivity contribution is 5.76. The lowest BCUT2D eigenvalue weighted by atomic mass is 10.1. The predicted molar refractivity (Wildman–Crippen MR) is 82.3 cm³/mol. The summed E-state index contributed by atoms with van der Waals surface area (Å²) in [5.41, 5.74) is 1.99. The summed E-state index contributed by atoms with van der Waals surface area (Å²) in [5, 5.41) is 0. The zero-order valence-electron chi connectivity index (χ0n) is 13.1. The monoisotopic (exact) mass is 299 g/mol. The summed E-state index contributed by atoms with van der Waals surface area (Å²) in [6, 6.07) is 1.98. The second kappa shape index (κ2) is 6.25. The summed E-state index contributed by atoms with van der Waals surface area (Å²) >= 11 is 0. The number of rotatable bonds is 4. The molecule has 116 valence electrons. The van der Waals surface area contributed by atoms with Gasteiger partial charge in [0.15, 0.2) is 0 Å². The molecule has 1 aliphatic rings. The molecule has 0 unspecified atom stereocenters. The highest BCUT2D eigenvalue weighted by atomic mass is 16.2. The number of carbonyl (C=O) groups excluding carboxylic acids is 1. The summed E-state index contributed by atoms with van der Waals surface area (Å²) in [7, 11) is 0. The van der Waals surface area contributed by atoms with Crippen molar-refractivity contribution < 1.29 is 4.79 Å². The van der Waals surface area contributed by atoms with Gasteiger partial charge < -0.3 is 9.47 Å². The smallest absolute Gasteiger partial charge is 0.224 e. The molecule has 1 saturated heterocycles. The molecular formula is C16H21N5O. The number of likely N-dealkylation sites (tertiary alicyclic amines) is 1. The summed E-state index contributed by atoms with van der Waals surface area (Å²) in [5.74, 6) is 1.33. The maximum absolute atomic E-state index is 12.3. The normalized spacial score (nSPS) is 17.9. The average Bonchev–Trinajstić information content (AvgIpc) is 3.15. The van der Waals surface area contributed by atoms with E-state index in [2.05, 4.69) is 15.0 Å². The largest absolute Gasteiger partial charge is 0.342 e. The van der Waals surface area contributed by atoms with Gasteiger partial charge in [0.2, 0.25) is 5.91 Å². The number of amides is 1. The lowest BCUT2D eigenvalue weighted by molar-refractivity contribution is -0.130. The third-order valence-corrected chi connectivity index (χ3v) is 4.05. The van der Waals surface area contributed by atoms with Gasteiger partial charge in [-0.05, 0) is 26.3 Å². The molecule has 22 heavy (non-hydrogen) atoms. The minimum atomic E-state index is 0.195. The summed E-state index contributed by atoms with van der Waals surface area (Å²) in [6.45, 7) is 6.18. The second-order valence-corrected chi connectivity index (χ2v) is 5.88. The van der Waals surface area contributed by atoms with E-state index in [9.17, 15) is 4.79 Å². The Hall–Kier alpha value is -2.24. The second-order valence-electron chi connectivity index (χ2n) is 5.88. The fraction of sp³-hybridized carbons (Fsp3) is 0.500. The summed E-state index contributed by atoms with van der Waals surface area (Å²) in [4.78, 5) is 27.3. The maximum Gasteiger partial charge on any atom is 0.224 e. The van der Waals surface area contributed by atoms with Gasteiger partial charge in [0.05, 0.1) is 6.33 Å². The fourth-order valence-electron chi connectivity index (χ4n) is 2.94. The van der Waals surface area contributed by atoms with Crippen LogP contribution in [0.1, 0.15) is 36.0 Å². The van der Waals surface area contributed by atoms with Gasteiger partial charge in [0, 0.05) is 55.8 Å². The van der Waals surface area contributed by atoms with Crippen LogP contribution in [-0.2, 0) is 11.3 Å². The van der Waals surface area contributed by atoms with E-state index in [4.69, 9.17) is 0 Å². The first-order valence-electron chi connectivity index (χ1n) is 7.67. The SMILES string of the molecule is Cc1cc(C)nc([C@@H]2CCN(C(=O)CCn3ccnc3)C2)n1. The van der Waals surface area contributed by atoms with Crippen LogP contribution in [0, 0.1) is 13.8 Å². The Morgan fingerprint density at radius 3 is 2.77 bits per heavy atom. The number of aromatic nitrogens is 4. The molecule has 1 aliphatic heterocycles. The van der Waals surface area contributed by atoms with Gasteiger partial charge in [-0.25, -0.2) is 15.0 Å². The molecule has 6 heteroatoms. The standard InChI is InChI=1S/C16H21N5O/c1-12-9-13(2)19-16(18-12)14-3-7-21(10-14)15(22)4-6-20-8-5-17-11-20/h5,8-9,11,14H,3-4,6-7,10H2,1-2H3/t14-/m1/s1. The molecule has 3 heterocycles. The molecule has 0 N–H and O–H groups in total. The van der Waals surface area contributed by atoms with E-state index < -0.39 is 0 Å². The van der Waals surface area contributed by atoms with E-state index in [1.807, 2.05) is 35.6 Å². The molecule has 0 saturated carbocycles. The third kappa shape index (κ3) is 3.32. The number of imidazole rings is 1. The molecule has 2 aromatic heterocycles. The molecule has 3 rings (SSSR count). The first kappa shape index (κ1) is 14.7. The van der Waals surface area contributed by atoms with E-state index >= 15 is 0 Å². The van der Waals surface area contributed by atoms with Crippen molar-refractivity contribution in [2.24, 2.45) is 0 Å². The molecule has 0 spiro atoms. The number of carbonyl (C=O) groups is 1. The van der Waals surface area contributed by atoms with Crippen LogP contribution in [0.25, 0.3) is 0 Å². The van der Waals surface area contributed by atoms with Crippen LogP contribution >= 0.6 is 0 Å². The fourth-order valence-corrected chi connectivity index (χ4v) is 2.94. The number of aryl methyl sites for hydroxylation is 3. The summed E-state index contributed by atoms with van der Waals surface area (Å²) < 4.78 is 1.93. The molecule has 6 nitrogen and oxygen atoms in total. The Balaban J connectivity index is 1.58. The van der Waals surface area contributed by atoms with Crippen molar-refractivity contribution in [3.05, 3.63) is 42.0 Å². The van der Waals surface area contributed by atoms with Crippen molar-refractivity contribution >= 4 is 5.91 Å². The van der Waals surface area contributed by atoms with Gasteiger partial charge in [-0.3, -0.25) is 4.79 Å². The van der Waals surface area contributed by atoms with E-state index in [0.29, 0.717) is 13.0 Å². The number of hydrogen-bond donors (Lipinski definition) is 0. The van der Waals surface area contributed by atoms with Gasteiger partial charge in [-0.1, -0.05) is 0 Å². The van der Waals surface area contributed by atoms with Crippen molar-refractivity contribution in [1.29, 1.82) is 0 Å². The first-order valence-corrected chi connectivity index (χ1v) is 7.67. The van der Waals surface area contributed by atoms with E-state index in [1.165, 1.54) is 0 Å². The highest BCUT2D eigenvalue weighted by Gasteiger charge is 2.29. The van der Waals surface area contributed by atoms with Gasteiger partial charge >= 0.3 is 0 Å². The number of hydrogen-bond acceptors (Lipinski definition) is 4. The van der Waals surface area contributed by atoms with E-state index in [1.54, 1.807) is 12.5 Å². The van der Waals surface area contributed by atoms with E-state index in [0.717, 1.165) is 36.7 Å². The van der Waals surface area contributed by atoms with Gasteiger partial charge in [0.25, 0.3) is 0 Å². The quantitative estimate of drug-likeness (QED) is 0.862. The highest BCUT2D eigenvalue weighted by Crippen LogP contribution is 2.25. The van der Waals surface area contributed by atoms with Crippen LogP contribution in [0.4, 0.5) is 0 Å². The van der Waals surface area contributed by atoms with Crippen LogP contribution in [-0.4, -0.2) is 43.4 Å². The Kier molecular flexibility index (Phi) is 4.18. The maximum atomic E-state index is 12.3. The van der Waals surface area contributed by atoms with Crippen LogP contribution in [0.5, 0.6) is 0 Å².